The van der Waals surface area contributed by atoms with Gasteiger partial charge in [0.2, 0.25) is 5.89 Å². The number of aryl methyl sites for hydroxylation is 1. The zero-order valence-corrected chi connectivity index (χ0v) is 9.22. The molecular weight excluding hydrogens is 238 g/mol. The molecule has 0 spiro atoms. The highest BCUT2D eigenvalue weighted by molar-refractivity contribution is 7.14. The van der Waals surface area contributed by atoms with E-state index >= 15 is 0 Å². The van der Waals surface area contributed by atoms with Crippen molar-refractivity contribution in [3.05, 3.63) is 27.9 Å². The van der Waals surface area contributed by atoms with Crippen molar-refractivity contribution in [1.82, 2.24) is 4.98 Å². The van der Waals surface area contributed by atoms with Gasteiger partial charge in [-0.05, 0) is 18.4 Å². The Kier molecular flexibility index (Phi) is 2.50. The van der Waals surface area contributed by atoms with E-state index in [-0.39, 0.29) is 17.3 Å². The van der Waals surface area contributed by atoms with Gasteiger partial charge in [0.25, 0.3) is 0 Å². The highest BCUT2D eigenvalue weighted by atomic mass is 35.5. The fourth-order valence-corrected chi connectivity index (χ4v) is 2.20. The minimum atomic E-state index is -1.10. The van der Waals surface area contributed by atoms with E-state index in [0.29, 0.717) is 9.90 Å². The average Bonchev–Trinajstić information content (AvgIpc) is 2.71. The van der Waals surface area contributed by atoms with Crippen LogP contribution in [-0.4, -0.2) is 16.1 Å². The molecule has 2 heterocycles. The normalized spacial score (nSPS) is 10.5. The SMILES string of the molecule is Cc1oc(-c2sccc2Cl)nc1C(=O)O. The second-order valence-corrected chi connectivity index (χ2v) is 4.15. The number of hydrogen-bond acceptors (Lipinski definition) is 4. The predicted octanol–water partition coefficient (Wildman–Crippen LogP) is 3.06. The Morgan fingerprint density at radius 1 is 1.67 bits per heavy atom. The summed E-state index contributed by atoms with van der Waals surface area (Å²) < 4.78 is 5.24. The molecule has 78 valence electrons. The average molecular weight is 244 g/mol. The standard InChI is InChI=1S/C9H6ClNO3S/c1-4-6(9(12)13)11-8(14-4)7-5(10)2-3-15-7/h2-3H,1H3,(H,12,13). The number of carbonyl (C=O) groups is 1. The minimum absolute atomic E-state index is 0.0746. The molecule has 1 N–H and O–H groups in total. The lowest BCUT2D eigenvalue weighted by atomic mass is 10.4. The molecule has 0 fully saturated rings. The fourth-order valence-electron chi connectivity index (χ4n) is 1.14. The van der Waals surface area contributed by atoms with Crippen LogP contribution >= 0.6 is 22.9 Å². The summed E-state index contributed by atoms with van der Waals surface area (Å²) in [5.74, 6) is -0.568. The summed E-state index contributed by atoms with van der Waals surface area (Å²) in [5, 5.41) is 11.1. The maximum atomic E-state index is 10.7. The van der Waals surface area contributed by atoms with Crippen molar-refractivity contribution in [3.8, 4) is 10.8 Å². The Hall–Kier alpha value is -1.33. The van der Waals surface area contributed by atoms with Crippen molar-refractivity contribution in [2.75, 3.05) is 0 Å². The van der Waals surface area contributed by atoms with Crippen LogP contribution in [0.3, 0.4) is 0 Å². The Labute approximate surface area is 94.1 Å². The van der Waals surface area contributed by atoms with Crippen molar-refractivity contribution >= 4 is 28.9 Å². The topological polar surface area (TPSA) is 63.3 Å². The van der Waals surface area contributed by atoms with Crippen LogP contribution in [0.1, 0.15) is 16.2 Å². The fraction of sp³-hybridized carbons (Fsp3) is 0.111. The summed E-state index contributed by atoms with van der Waals surface area (Å²) >= 11 is 7.23. The first-order valence-corrected chi connectivity index (χ1v) is 5.29. The lowest BCUT2D eigenvalue weighted by Crippen LogP contribution is -1.98. The second kappa shape index (κ2) is 3.67. The zero-order valence-electron chi connectivity index (χ0n) is 7.65. The highest BCUT2D eigenvalue weighted by Gasteiger charge is 2.19. The molecule has 0 amide bonds. The number of oxazole rings is 1. The maximum Gasteiger partial charge on any atom is 0.358 e. The molecule has 0 radical (unpaired) electrons. The van der Waals surface area contributed by atoms with Crippen molar-refractivity contribution in [2.45, 2.75) is 6.92 Å². The van der Waals surface area contributed by atoms with Crippen molar-refractivity contribution in [1.29, 1.82) is 0 Å². The van der Waals surface area contributed by atoms with E-state index in [9.17, 15) is 4.79 Å². The number of carboxylic acids is 1. The largest absolute Gasteiger partial charge is 0.476 e. The first-order chi connectivity index (χ1) is 7.09. The lowest BCUT2D eigenvalue weighted by molar-refractivity contribution is 0.0689. The van der Waals surface area contributed by atoms with Crippen molar-refractivity contribution in [3.63, 3.8) is 0 Å². The van der Waals surface area contributed by atoms with E-state index in [1.807, 2.05) is 0 Å². The van der Waals surface area contributed by atoms with E-state index in [1.54, 1.807) is 18.4 Å². The van der Waals surface area contributed by atoms with Gasteiger partial charge in [0.15, 0.2) is 5.69 Å². The summed E-state index contributed by atoms with van der Waals surface area (Å²) in [6.45, 7) is 1.56. The summed E-state index contributed by atoms with van der Waals surface area (Å²) in [6, 6.07) is 1.71. The quantitative estimate of drug-likeness (QED) is 0.881. The van der Waals surface area contributed by atoms with E-state index in [1.165, 1.54) is 11.3 Å². The Bertz CT molecular complexity index is 517. The third kappa shape index (κ3) is 1.75. The third-order valence-electron chi connectivity index (χ3n) is 1.81. The van der Waals surface area contributed by atoms with Gasteiger partial charge in [-0.2, -0.15) is 0 Å². The molecule has 0 atom stereocenters. The van der Waals surface area contributed by atoms with Gasteiger partial charge in [-0.25, -0.2) is 9.78 Å². The number of thiophene rings is 1. The molecule has 2 aromatic heterocycles. The molecular formula is C9H6ClNO3S. The highest BCUT2D eigenvalue weighted by Crippen LogP contribution is 2.33. The summed E-state index contributed by atoms with van der Waals surface area (Å²) in [6.07, 6.45) is 0. The molecule has 4 nitrogen and oxygen atoms in total. The van der Waals surface area contributed by atoms with E-state index < -0.39 is 5.97 Å². The van der Waals surface area contributed by atoms with Crippen LogP contribution in [0.25, 0.3) is 10.8 Å². The maximum absolute atomic E-state index is 10.7. The molecule has 6 heteroatoms. The number of hydrogen-bond donors (Lipinski definition) is 1. The Morgan fingerprint density at radius 3 is 2.87 bits per heavy atom. The monoisotopic (exact) mass is 243 g/mol. The molecule has 0 aromatic carbocycles. The summed E-state index contributed by atoms with van der Waals surface area (Å²) in [4.78, 5) is 15.3. The van der Waals surface area contributed by atoms with Crippen molar-refractivity contribution < 1.29 is 14.3 Å². The van der Waals surface area contributed by atoms with Gasteiger partial charge in [0.1, 0.15) is 10.6 Å². The Morgan fingerprint density at radius 2 is 2.40 bits per heavy atom. The smallest absolute Gasteiger partial charge is 0.358 e. The number of aromatic carboxylic acids is 1. The molecule has 0 unspecified atom stereocenters. The van der Waals surface area contributed by atoms with Crippen LogP contribution in [0.5, 0.6) is 0 Å². The molecule has 15 heavy (non-hydrogen) atoms. The number of aromatic nitrogens is 1. The zero-order chi connectivity index (χ0) is 11.0. The molecule has 0 aliphatic rings. The Balaban J connectivity index is 2.52. The third-order valence-corrected chi connectivity index (χ3v) is 3.14. The van der Waals surface area contributed by atoms with Crippen LogP contribution in [-0.2, 0) is 0 Å². The molecule has 0 saturated carbocycles. The van der Waals surface area contributed by atoms with Gasteiger partial charge in [-0.1, -0.05) is 11.6 Å². The lowest BCUT2D eigenvalue weighted by Gasteiger charge is -1.88. The number of nitrogens with zero attached hydrogens (tertiary/aromatic N) is 1. The molecule has 0 aliphatic heterocycles. The summed E-state index contributed by atoms with van der Waals surface area (Å²) in [7, 11) is 0. The van der Waals surface area contributed by atoms with Gasteiger partial charge in [-0.15, -0.1) is 11.3 Å². The van der Waals surface area contributed by atoms with Crippen LogP contribution in [0.4, 0.5) is 0 Å². The summed E-state index contributed by atoms with van der Waals surface area (Å²) in [5.41, 5.74) is -0.0746. The van der Waals surface area contributed by atoms with Gasteiger partial charge < -0.3 is 9.52 Å². The predicted molar refractivity (Wildman–Crippen MR) is 56.5 cm³/mol. The second-order valence-electron chi connectivity index (χ2n) is 2.83. The molecule has 2 aromatic rings. The number of halogens is 1. The minimum Gasteiger partial charge on any atom is -0.476 e. The van der Waals surface area contributed by atoms with Crippen LogP contribution < -0.4 is 0 Å². The van der Waals surface area contributed by atoms with E-state index in [0.717, 1.165) is 0 Å². The van der Waals surface area contributed by atoms with Gasteiger partial charge in [-0.3, -0.25) is 0 Å². The van der Waals surface area contributed by atoms with E-state index in [2.05, 4.69) is 4.98 Å². The van der Waals surface area contributed by atoms with Gasteiger partial charge in [0.05, 0.1) is 5.02 Å². The van der Waals surface area contributed by atoms with Crippen LogP contribution in [0.15, 0.2) is 15.9 Å². The first kappa shape index (κ1) is 10.2. The van der Waals surface area contributed by atoms with Crippen LogP contribution in [0, 0.1) is 6.92 Å². The first-order valence-electron chi connectivity index (χ1n) is 4.03. The molecule has 0 saturated heterocycles. The molecule has 0 bridgehead atoms. The molecule has 2 rings (SSSR count). The molecule has 0 aliphatic carbocycles. The van der Waals surface area contributed by atoms with Gasteiger partial charge >= 0.3 is 5.97 Å². The van der Waals surface area contributed by atoms with Gasteiger partial charge in [0, 0.05) is 0 Å². The van der Waals surface area contributed by atoms with E-state index in [4.69, 9.17) is 21.1 Å². The van der Waals surface area contributed by atoms with Crippen LogP contribution in [0.2, 0.25) is 5.02 Å². The number of carboxylic acid groups (broad SMARTS) is 1. The number of rotatable bonds is 2. The van der Waals surface area contributed by atoms with Crippen molar-refractivity contribution in [2.24, 2.45) is 0 Å².